The Morgan fingerprint density at radius 3 is 2.74 bits per heavy atom. The highest BCUT2D eigenvalue weighted by Gasteiger charge is 2.21. The fraction of sp³-hybridized carbons (Fsp3) is 0.438. The van der Waals surface area contributed by atoms with Crippen LogP contribution in [-0.4, -0.2) is 38.6 Å². The van der Waals surface area contributed by atoms with E-state index < -0.39 is 0 Å². The van der Waals surface area contributed by atoms with Crippen molar-refractivity contribution < 1.29 is 9.90 Å². The number of carbonyl (C=O) groups excluding carboxylic acids is 1. The molecule has 0 atom stereocenters. The van der Waals surface area contributed by atoms with Gasteiger partial charge in [-0.25, -0.2) is 4.98 Å². The SMILES string of the molecule is CC(C)c1ccc(C(=O)N(CCO)Cc2nccs2)c(=O)n1C. The van der Waals surface area contributed by atoms with Crippen LogP contribution >= 0.6 is 11.3 Å². The molecule has 1 N–H and O–H groups in total. The maximum atomic E-state index is 12.7. The molecule has 0 unspecified atom stereocenters. The maximum Gasteiger partial charge on any atom is 0.263 e. The number of aliphatic hydroxyl groups excluding tert-OH is 1. The molecule has 0 spiro atoms. The van der Waals surface area contributed by atoms with Crippen molar-refractivity contribution in [3.63, 3.8) is 0 Å². The molecule has 0 saturated heterocycles. The lowest BCUT2D eigenvalue weighted by Gasteiger charge is -2.21. The molecule has 2 rings (SSSR count). The summed E-state index contributed by atoms with van der Waals surface area (Å²) in [5.74, 6) is -0.189. The standard InChI is InChI=1S/C16H21N3O3S/c1-11(2)13-5-4-12(15(21)18(13)3)16(22)19(7-8-20)10-14-17-6-9-23-14/h4-6,9,11,20H,7-8,10H2,1-3H3. The highest BCUT2D eigenvalue weighted by molar-refractivity contribution is 7.09. The van der Waals surface area contributed by atoms with Crippen LogP contribution in [0.5, 0.6) is 0 Å². The number of rotatable bonds is 6. The van der Waals surface area contributed by atoms with E-state index in [0.717, 1.165) is 10.7 Å². The molecule has 7 heteroatoms. The van der Waals surface area contributed by atoms with Gasteiger partial charge in [-0.05, 0) is 18.1 Å². The Kier molecular flexibility index (Phi) is 5.68. The molecule has 6 nitrogen and oxygen atoms in total. The Balaban J connectivity index is 2.33. The molecule has 0 aliphatic heterocycles. The average Bonchev–Trinajstić information content (AvgIpc) is 3.01. The normalized spacial score (nSPS) is 11.0. The largest absolute Gasteiger partial charge is 0.395 e. The van der Waals surface area contributed by atoms with Gasteiger partial charge in [0.05, 0.1) is 13.2 Å². The van der Waals surface area contributed by atoms with Crippen molar-refractivity contribution in [2.45, 2.75) is 26.3 Å². The number of hydrogen-bond acceptors (Lipinski definition) is 5. The van der Waals surface area contributed by atoms with Gasteiger partial charge < -0.3 is 14.6 Å². The Morgan fingerprint density at radius 2 is 2.17 bits per heavy atom. The van der Waals surface area contributed by atoms with Crippen LogP contribution in [0.3, 0.4) is 0 Å². The van der Waals surface area contributed by atoms with Crippen LogP contribution in [0.25, 0.3) is 0 Å². The van der Waals surface area contributed by atoms with Crippen molar-refractivity contribution in [2.24, 2.45) is 7.05 Å². The summed E-state index contributed by atoms with van der Waals surface area (Å²) >= 11 is 1.43. The van der Waals surface area contributed by atoms with Gasteiger partial charge in [0.15, 0.2) is 0 Å². The van der Waals surface area contributed by atoms with E-state index in [1.54, 1.807) is 25.4 Å². The third-order valence-electron chi connectivity index (χ3n) is 3.63. The van der Waals surface area contributed by atoms with E-state index in [2.05, 4.69) is 4.98 Å². The van der Waals surface area contributed by atoms with Crippen molar-refractivity contribution in [3.8, 4) is 0 Å². The number of aliphatic hydroxyl groups is 1. The molecule has 2 heterocycles. The summed E-state index contributed by atoms with van der Waals surface area (Å²) in [6, 6.07) is 3.38. The first-order valence-electron chi connectivity index (χ1n) is 7.44. The molecule has 23 heavy (non-hydrogen) atoms. The summed E-state index contributed by atoms with van der Waals surface area (Å²) in [6.07, 6.45) is 1.66. The van der Waals surface area contributed by atoms with Crippen molar-refractivity contribution in [3.05, 3.63) is 50.3 Å². The molecule has 0 saturated carbocycles. The minimum atomic E-state index is -0.384. The van der Waals surface area contributed by atoms with Crippen LogP contribution in [0.1, 0.15) is 40.8 Å². The zero-order valence-corrected chi connectivity index (χ0v) is 14.3. The third kappa shape index (κ3) is 3.86. The Hall–Kier alpha value is -1.99. The number of nitrogens with zero attached hydrogens (tertiary/aromatic N) is 3. The molecule has 1 amide bonds. The second kappa shape index (κ2) is 7.52. The topological polar surface area (TPSA) is 75.4 Å². The first kappa shape index (κ1) is 17.4. The lowest BCUT2D eigenvalue weighted by molar-refractivity contribution is 0.0705. The number of pyridine rings is 1. The van der Waals surface area contributed by atoms with E-state index in [1.807, 2.05) is 19.2 Å². The maximum absolute atomic E-state index is 12.7. The molecule has 124 valence electrons. The van der Waals surface area contributed by atoms with Crippen LogP contribution in [-0.2, 0) is 13.6 Å². The summed E-state index contributed by atoms with van der Waals surface area (Å²) in [7, 11) is 1.67. The van der Waals surface area contributed by atoms with E-state index >= 15 is 0 Å². The molecule has 0 aliphatic carbocycles. The minimum Gasteiger partial charge on any atom is -0.395 e. The molecule has 0 radical (unpaired) electrons. The second-order valence-electron chi connectivity index (χ2n) is 5.57. The third-order valence-corrected chi connectivity index (χ3v) is 4.40. The van der Waals surface area contributed by atoms with E-state index in [1.165, 1.54) is 20.8 Å². The van der Waals surface area contributed by atoms with Gasteiger partial charge in [0.25, 0.3) is 11.5 Å². The van der Waals surface area contributed by atoms with Gasteiger partial charge in [-0.15, -0.1) is 11.3 Å². The van der Waals surface area contributed by atoms with Crippen molar-refractivity contribution in [2.75, 3.05) is 13.2 Å². The highest BCUT2D eigenvalue weighted by atomic mass is 32.1. The molecule has 2 aromatic heterocycles. The van der Waals surface area contributed by atoms with Crippen LogP contribution in [0.2, 0.25) is 0 Å². The molecule has 0 fully saturated rings. The molecule has 0 aromatic carbocycles. The summed E-state index contributed by atoms with van der Waals surface area (Å²) < 4.78 is 1.51. The summed E-state index contributed by atoms with van der Waals surface area (Å²) in [6.45, 7) is 4.27. The number of hydrogen-bond donors (Lipinski definition) is 1. The van der Waals surface area contributed by atoms with E-state index in [-0.39, 0.29) is 42.6 Å². The highest BCUT2D eigenvalue weighted by Crippen LogP contribution is 2.14. The van der Waals surface area contributed by atoms with E-state index in [0.29, 0.717) is 0 Å². The van der Waals surface area contributed by atoms with Gasteiger partial charge in [-0.1, -0.05) is 13.8 Å². The van der Waals surface area contributed by atoms with Gasteiger partial charge in [0.1, 0.15) is 10.6 Å². The van der Waals surface area contributed by atoms with Gasteiger partial charge >= 0.3 is 0 Å². The van der Waals surface area contributed by atoms with Gasteiger partial charge in [0, 0.05) is 30.9 Å². The van der Waals surface area contributed by atoms with E-state index in [9.17, 15) is 14.7 Å². The average molecular weight is 335 g/mol. The fourth-order valence-corrected chi connectivity index (χ4v) is 3.06. The molecular formula is C16H21N3O3S. The predicted molar refractivity (Wildman–Crippen MR) is 89.7 cm³/mol. The number of thiazole rings is 1. The van der Waals surface area contributed by atoms with Crippen molar-refractivity contribution in [1.29, 1.82) is 0 Å². The quantitative estimate of drug-likeness (QED) is 0.870. The smallest absolute Gasteiger partial charge is 0.263 e. The predicted octanol–water partition coefficient (Wildman–Crippen LogP) is 1.60. The van der Waals surface area contributed by atoms with Gasteiger partial charge in [-0.3, -0.25) is 9.59 Å². The number of amides is 1. The summed E-state index contributed by atoms with van der Waals surface area (Å²) in [5.41, 5.74) is 0.672. The number of aromatic nitrogens is 2. The monoisotopic (exact) mass is 335 g/mol. The van der Waals surface area contributed by atoms with Gasteiger partial charge in [0.2, 0.25) is 0 Å². The first-order valence-corrected chi connectivity index (χ1v) is 8.32. The van der Waals surface area contributed by atoms with E-state index in [4.69, 9.17) is 0 Å². The summed E-state index contributed by atoms with van der Waals surface area (Å²) in [5, 5.41) is 11.8. The summed E-state index contributed by atoms with van der Waals surface area (Å²) in [4.78, 5) is 30.8. The van der Waals surface area contributed by atoms with Crippen molar-refractivity contribution in [1.82, 2.24) is 14.5 Å². The Bertz CT molecular complexity index is 723. The van der Waals surface area contributed by atoms with Crippen LogP contribution < -0.4 is 5.56 Å². The van der Waals surface area contributed by atoms with Crippen LogP contribution in [0, 0.1) is 0 Å². The second-order valence-corrected chi connectivity index (χ2v) is 6.55. The van der Waals surface area contributed by atoms with Crippen LogP contribution in [0.4, 0.5) is 0 Å². The number of carbonyl (C=O) groups is 1. The zero-order valence-electron chi connectivity index (χ0n) is 13.5. The Labute approximate surface area is 139 Å². The molecular weight excluding hydrogens is 314 g/mol. The zero-order chi connectivity index (χ0) is 17.0. The van der Waals surface area contributed by atoms with Crippen LogP contribution in [0.15, 0.2) is 28.5 Å². The Morgan fingerprint density at radius 1 is 1.43 bits per heavy atom. The lowest BCUT2D eigenvalue weighted by atomic mass is 10.1. The first-order chi connectivity index (χ1) is 11.0. The van der Waals surface area contributed by atoms with Gasteiger partial charge in [-0.2, -0.15) is 0 Å². The lowest BCUT2D eigenvalue weighted by Crippen LogP contribution is -2.38. The van der Waals surface area contributed by atoms with Crippen molar-refractivity contribution >= 4 is 17.2 Å². The fourth-order valence-electron chi connectivity index (χ4n) is 2.43. The molecule has 0 aliphatic rings. The minimum absolute atomic E-state index is 0.113. The molecule has 2 aromatic rings. The molecule has 0 bridgehead atoms.